The second kappa shape index (κ2) is 8.14. The smallest absolute Gasteiger partial charge is 0.328 e. The van der Waals surface area contributed by atoms with Gasteiger partial charge in [0.25, 0.3) is 5.56 Å². The molecule has 1 atom stereocenters. The van der Waals surface area contributed by atoms with Crippen LogP contribution in [0.25, 0.3) is 0 Å². The zero-order valence-corrected chi connectivity index (χ0v) is 14.1. The van der Waals surface area contributed by atoms with E-state index >= 15 is 0 Å². The molecule has 1 rings (SSSR count). The molecule has 8 heteroatoms. The molecule has 0 amide bonds. The van der Waals surface area contributed by atoms with Crippen LogP contribution in [0.5, 0.6) is 0 Å². The third-order valence-electron chi connectivity index (χ3n) is 2.92. The quantitative estimate of drug-likeness (QED) is 0.736. The zero-order valence-electron chi connectivity index (χ0n) is 12.6. The van der Waals surface area contributed by atoms with Crippen LogP contribution in [0.2, 0.25) is 0 Å². The molecular formula is C13H20BrN3O4. The van der Waals surface area contributed by atoms with Gasteiger partial charge in [0.05, 0.1) is 32.1 Å². The van der Waals surface area contributed by atoms with Gasteiger partial charge in [-0.3, -0.25) is 4.79 Å². The Kier molecular flexibility index (Phi) is 6.83. The predicted octanol–water partition coefficient (Wildman–Crippen LogP) is 1.26. The fraction of sp³-hybridized carbons (Fsp3) is 0.615. The Morgan fingerprint density at radius 1 is 1.48 bits per heavy atom. The van der Waals surface area contributed by atoms with Gasteiger partial charge in [0.2, 0.25) is 0 Å². The third kappa shape index (κ3) is 4.53. The SMILES string of the molecule is COCCn1ncc(NC(C(=O)OC)C(C)C)c(Br)c1=O. The Hall–Kier alpha value is -1.41. The Labute approximate surface area is 131 Å². The number of anilines is 1. The lowest BCUT2D eigenvalue weighted by Gasteiger charge is -2.21. The van der Waals surface area contributed by atoms with Crippen LogP contribution in [0.3, 0.4) is 0 Å². The first-order valence-corrected chi connectivity index (χ1v) is 7.30. The highest BCUT2D eigenvalue weighted by atomic mass is 79.9. The van der Waals surface area contributed by atoms with Gasteiger partial charge in [-0.05, 0) is 21.8 Å². The van der Waals surface area contributed by atoms with Crippen molar-refractivity contribution in [1.29, 1.82) is 0 Å². The molecule has 0 bridgehead atoms. The molecule has 0 aliphatic carbocycles. The van der Waals surface area contributed by atoms with E-state index in [4.69, 9.17) is 9.47 Å². The van der Waals surface area contributed by atoms with Gasteiger partial charge in [0, 0.05) is 7.11 Å². The molecule has 1 heterocycles. The van der Waals surface area contributed by atoms with Crippen LogP contribution in [0, 0.1) is 5.92 Å². The summed E-state index contributed by atoms with van der Waals surface area (Å²) in [6.07, 6.45) is 1.50. The van der Waals surface area contributed by atoms with Crippen LogP contribution < -0.4 is 10.9 Å². The largest absolute Gasteiger partial charge is 0.467 e. The fourth-order valence-electron chi connectivity index (χ4n) is 1.69. The highest BCUT2D eigenvalue weighted by Gasteiger charge is 2.24. The molecule has 0 saturated heterocycles. The highest BCUT2D eigenvalue weighted by Crippen LogP contribution is 2.19. The number of aromatic nitrogens is 2. The van der Waals surface area contributed by atoms with Crippen LogP contribution in [-0.4, -0.2) is 42.6 Å². The van der Waals surface area contributed by atoms with Crippen LogP contribution in [0.4, 0.5) is 5.69 Å². The summed E-state index contributed by atoms with van der Waals surface area (Å²) in [5.41, 5.74) is 0.169. The van der Waals surface area contributed by atoms with E-state index < -0.39 is 6.04 Å². The van der Waals surface area contributed by atoms with Crippen molar-refractivity contribution in [1.82, 2.24) is 9.78 Å². The molecule has 1 N–H and O–H groups in total. The number of methoxy groups -OCH3 is 2. The highest BCUT2D eigenvalue weighted by molar-refractivity contribution is 9.10. The van der Waals surface area contributed by atoms with E-state index in [0.717, 1.165) is 0 Å². The first-order chi connectivity index (χ1) is 9.92. The number of hydrogen-bond acceptors (Lipinski definition) is 6. The van der Waals surface area contributed by atoms with E-state index in [2.05, 4.69) is 26.3 Å². The van der Waals surface area contributed by atoms with E-state index in [0.29, 0.717) is 23.3 Å². The van der Waals surface area contributed by atoms with Crippen molar-refractivity contribution >= 4 is 27.6 Å². The maximum atomic E-state index is 12.1. The van der Waals surface area contributed by atoms with Crippen molar-refractivity contribution in [3.8, 4) is 0 Å². The minimum absolute atomic E-state index is 0.000253. The Morgan fingerprint density at radius 3 is 2.67 bits per heavy atom. The number of hydrogen-bond donors (Lipinski definition) is 1. The number of rotatable bonds is 7. The molecule has 118 valence electrons. The van der Waals surface area contributed by atoms with Gasteiger partial charge in [-0.25, -0.2) is 9.48 Å². The van der Waals surface area contributed by atoms with Crippen molar-refractivity contribution in [2.75, 3.05) is 26.1 Å². The molecule has 0 saturated carbocycles. The number of carbonyl (C=O) groups is 1. The van der Waals surface area contributed by atoms with E-state index in [9.17, 15) is 9.59 Å². The third-order valence-corrected chi connectivity index (χ3v) is 3.69. The van der Waals surface area contributed by atoms with Crippen molar-refractivity contribution in [3.63, 3.8) is 0 Å². The zero-order chi connectivity index (χ0) is 16.0. The molecule has 7 nitrogen and oxygen atoms in total. The van der Waals surface area contributed by atoms with E-state index in [-0.39, 0.29) is 17.4 Å². The van der Waals surface area contributed by atoms with Gasteiger partial charge >= 0.3 is 5.97 Å². The Morgan fingerprint density at radius 2 is 2.14 bits per heavy atom. The minimum Gasteiger partial charge on any atom is -0.467 e. The normalized spacial score (nSPS) is 12.3. The predicted molar refractivity (Wildman–Crippen MR) is 82.3 cm³/mol. The van der Waals surface area contributed by atoms with Crippen LogP contribution in [0.15, 0.2) is 15.5 Å². The monoisotopic (exact) mass is 361 g/mol. The van der Waals surface area contributed by atoms with Crippen molar-refractivity contribution in [2.24, 2.45) is 5.92 Å². The number of nitrogens with one attached hydrogen (secondary N) is 1. The molecule has 0 fully saturated rings. The summed E-state index contributed by atoms with van der Waals surface area (Å²) in [7, 11) is 2.88. The molecule has 0 radical (unpaired) electrons. The summed E-state index contributed by atoms with van der Waals surface area (Å²) in [4.78, 5) is 23.9. The summed E-state index contributed by atoms with van der Waals surface area (Å²) in [5.74, 6) is -0.388. The molecular weight excluding hydrogens is 342 g/mol. The number of nitrogens with zero attached hydrogens (tertiary/aromatic N) is 2. The Bertz CT molecular complexity index is 545. The molecule has 1 unspecified atom stereocenters. The van der Waals surface area contributed by atoms with Crippen molar-refractivity contribution in [3.05, 3.63) is 21.0 Å². The summed E-state index contributed by atoms with van der Waals surface area (Å²) in [6.45, 7) is 4.52. The summed E-state index contributed by atoms with van der Waals surface area (Å²) >= 11 is 3.24. The maximum absolute atomic E-state index is 12.1. The van der Waals surface area contributed by atoms with Crippen LogP contribution in [0.1, 0.15) is 13.8 Å². The van der Waals surface area contributed by atoms with Gasteiger partial charge in [-0.2, -0.15) is 5.10 Å². The average Bonchev–Trinajstić information content (AvgIpc) is 2.46. The minimum atomic E-state index is -0.553. The summed E-state index contributed by atoms with van der Waals surface area (Å²) in [6, 6.07) is -0.553. The standard InChI is InChI=1S/C13H20BrN3O4/c1-8(2)11(13(19)21-4)16-9-7-15-17(5-6-20-3)12(18)10(9)14/h7-8,11,16H,5-6H2,1-4H3. The molecule has 0 aliphatic heterocycles. The van der Waals surface area contributed by atoms with E-state index in [1.165, 1.54) is 18.0 Å². The second-order valence-corrected chi connectivity index (χ2v) is 5.58. The summed E-state index contributed by atoms with van der Waals surface area (Å²) in [5, 5.41) is 7.05. The lowest BCUT2D eigenvalue weighted by Crippen LogP contribution is -2.36. The van der Waals surface area contributed by atoms with Crippen LogP contribution in [-0.2, 0) is 20.8 Å². The molecule has 1 aromatic heterocycles. The lowest BCUT2D eigenvalue weighted by atomic mass is 10.0. The number of ether oxygens (including phenoxy) is 2. The van der Waals surface area contributed by atoms with Gasteiger partial charge in [0.15, 0.2) is 0 Å². The fourth-order valence-corrected chi connectivity index (χ4v) is 2.12. The van der Waals surface area contributed by atoms with E-state index in [1.807, 2.05) is 13.8 Å². The molecule has 0 aliphatic rings. The van der Waals surface area contributed by atoms with Crippen molar-refractivity contribution < 1.29 is 14.3 Å². The Balaban J connectivity index is 3.01. The topological polar surface area (TPSA) is 82.4 Å². The lowest BCUT2D eigenvalue weighted by molar-refractivity contribution is -0.142. The van der Waals surface area contributed by atoms with Gasteiger partial charge in [0.1, 0.15) is 10.5 Å². The average molecular weight is 362 g/mol. The first kappa shape index (κ1) is 17.6. The first-order valence-electron chi connectivity index (χ1n) is 6.51. The number of halogens is 1. The molecule has 0 spiro atoms. The number of carbonyl (C=O) groups excluding carboxylic acids is 1. The van der Waals surface area contributed by atoms with Gasteiger partial charge < -0.3 is 14.8 Å². The maximum Gasteiger partial charge on any atom is 0.328 e. The molecule has 1 aromatic rings. The second-order valence-electron chi connectivity index (χ2n) is 4.78. The van der Waals surface area contributed by atoms with Gasteiger partial charge in [-0.15, -0.1) is 0 Å². The van der Waals surface area contributed by atoms with E-state index in [1.54, 1.807) is 7.11 Å². The van der Waals surface area contributed by atoms with Crippen molar-refractivity contribution in [2.45, 2.75) is 26.4 Å². The molecule has 0 aromatic carbocycles. The summed E-state index contributed by atoms with van der Waals surface area (Å²) < 4.78 is 11.3. The number of esters is 1. The van der Waals surface area contributed by atoms with Crippen LogP contribution >= 0.6 is 15.9 Å². The molecule has 21 heavy (non-hydrogen) atoms. The van der Waals surface area contributed by atoms with Gasteiger partial charge in [-0.1, -0.05) is 13.8 Å².